The lowest BCUT2D eigenvalue weighted by Gasteiger charge is -2.25. The van der Waals surface area contributed by atoms with Crippen molar-refractivity contribution in [1.82, 2.24) is 0 Å². The molecule has 0 spiro atoms. The molecule has 0 unspecified atom stereocenters. The van der Waals surface area contributed by atoms with Crippen LogP contribution in [0.2, 0.25) is 0 Å². The van der Waals surface area contributed by atoms with Crippen LogP contribution in [0, 0.1) is 0 Å². The summed E-state index contributed by atoms with van der Waals surface area (Å²) in [5, 5.41) is 9.90. The van der Waals surface area contributed by atoms with E-state index in [9.17, 15) is 9.90 Å². The minimum atomic E-state index is -0.133. The Bertz CT molecular complexity index is 741. The highest BCUT2D eigenvalue weighted by molar-refractivity contribution is 9.15. The number of hydrogen-bond donors (Lipinski definition) is 1. The van der Waals surface area contributed by atoms with Gasteiger partial charge in [0.25, 0.3) is 0 Å². The third kappa shape index (κ3) is 4.71. The van der Waals surface area contributed by atoms with Crippen LogP contribution in [0.1, 0.15) is 24.5 Å². The number of anilines is 1. The summed E-state index contributed by atoms with van der Waals surface area (Å²) in [7, 11) is 1.63. The van der Waals surface area contributed by atoms with Gasteiger partial charge in [0.2, 0.25) is 0 Å². The average Bonchev–Trinajstić information content (AvgIpc) is 2.67. The largest absolute Gasteiger partial charge is 0.497 e. The van der Waals surface area contributed by atoms with Crippen molar-refractivity contribution in [2.75, 3.05) is 18.7 Å². The fourth-order valence-corrected chi connectivity index (χ4v) is 3.27. The van der Waals surface area contributed by atoms with Crippen molar-refractivity contribution in [3.05, 3.63) is 65.2 Å². The minimum absolute atomic E-state index is 0.133. The zero-order chi connectivity index (χ0) is 18.2. The summed E-state index contributed by atoms with van der Waals surface area (Å²) in [5.74, 6) is 0.795. The lowest BCUT2D eigenvalue weighted by atomic mass is 10.1. The number of aldehydes is 1. The maximum atomic E-state index is 11.3. The second-order valence-electron chi connectivity index (χ2n) is 5.52. The van der Waals surface area contributed by atoms with Gasteiger partial charge >= 0.3 is 0 Å². The number of carbonyl (C=O) groups is 1. The molecule has 4 nitrogen and oxygen atoms in total. The van der Waals surface area contributed by atoms with E-state index in [-0.39, 0.29) is 6.73 Å². The Balaban J connectivity index is 2.37. The van der Waals surface area contributed by atoms with Crippen LogP contribution in [-0.2, 0) is 11.3 Å². The zero-order valence-electron chi connectivity index (χ0n) is 14.4. The summed E-state index contributed by atoms with van der Waals surface area (Å²) in [6.45, 7) is 2.35. The molecule has 0 fully saturated rings. The van der Waals surface area contributed by atoms with E-state index >= 15 is 0 Å². The van der Waals surface area contributed by atoms with E-state index in [1.165, 1.54) is 0 Å². The van der Waals surface area contributed by atoms with E-state index in [2.05, 4.69) is 15.9 Å². The first-order valence-corrected chi connectivity index (χ1v) is 8.85. The van der Waals surface area contributed by atoms with E-state index in [4.69, 9.17) is 4.74 Å². The molecule has 2 aromatic carbocycles. The Labute approximate surface area is 156 Å². The summed E-state index contributed by atoms with van der Waals surface area (Å²) in [6, 6.07) is 15.4. The lowest BCUT2D eigenvalue weighted by molar-refractivity contribution is -0.104. The van der Waals surface area contributed by atoms with Gasteiger partial charge in [-0.15, -0.1) is 0 Å². The van der Waals surface area contributed by atoms with Crippen LogP contribution in [0.3, 0.4) is 0 Å². The molecule has 132 valence electrons. The van der Waals surface area contributed by atoms with Gasteiger partial charge in [0.05, 0.1) is 7.11 Å². The molecule has 0 saturated carbocycles. The highest BCUT2D eigenvalue weighted by Crippen LogP contribution is 2.34. The third-order valence-corrected chi connectivity index (χ3v) is 4.93. The van der Waals surface area contributed by atoms with Crippen LogP contribution >= 0.6 is 15.9 Å². The molecule has 25 heavy (non-hydrogen) atoms. The molecule has 0 saturated heterocycles. The van der Waals surface area contributed by atoms with Gasteiger partial charge in [-0.3, -0.25) is 4.79 Å². The molecule has 0 amide bonds. The van der Waals surface area contributed by atoms with Crippen molar-refractivity contribution >= 4 is 32.4 Å². The van der Waals surface area contributed by atoms with Crippen molar-refractivity contribution in [2.24, 2.45) is 0 Å². The topological polar surface area (TPSA) is 49.8 Å². The number of ether oxygens (including phenoxy) is 1. The molecule has 0 bridgehead atoms. The van der Waals surface area contributed by atoms with Crippen LogP contribution < -0.4 is 9.64 Å². The van der Waals surface area contributed by atoms with Gasteiger partial charge in [-0.05, 0) is 46.1 Å². The molecule has 5 heteroatoms. The molecule has 0 heterocycles. The van der Waals surface area contributed by atoms with E-state index in [1.54, 1.807) is 7.11 Å². The number of aliphatic hydroxyl groups is 1. The number of benzene rings is 2. The van der Waals surface area contributed by atoms with Gasteiger partial charge in [0.1, 0.15) is 18.8 Å². The number of allylic oxidation sites excluding steroid dienone is 1. The van der Waals surface area contributed by atoms with Crippen molar-refractivity contribution in [2.45, 2.75) is 19.9 Å². The monoisotopic (exact) mass is 403 g/mol. The fraction of sp³-hybridized carbons (Fsp3) is 0.250. The number of aliphatic hydroxyl groups excluding tert-OH is 1. The van der Waals surface area contributed by atoms with Gasteiger partial charge in [-0.1, -0.05) is 37.3 Å². The highest BCUT2D eigenvalue weighted by atomic mass is 79.9. The number of rotatable bonds is 8. The Morgan fingerprint density at radius 2 is 1.88 bits per heavy atom. The summed E-state index contributed by atoms with van der Waals surface area (Å²) >= 11 is 3.55. The molecule has 1 N–H and O–H groups in total. The molecule has 0 aromatic heterocycles. The van der Waals surface area contributed by atoms with Crippen LogP contribution in [0.4, 0.5) is 5.69 Å². The van der Waals surface area contributed by atoms with E-state index < -0.39 is 0 Å². The first-order valence-electron chi connectivity index (χ1n) is 8.06. The summed E-state index contributed by atoms with van der Waals surface area (Å²) in [6.07, 6.45) is 1.50. The standard InChI is InChI=1S/C20H22BrNO3/c1-3-16(13-23)20(21)18-6-4-5-7-19(18)22(14-24)12-15-8-10-17(25-2)11-9-15/h4-11,13,24H,3,12,14H2,1-2H3/b20-16-. The second kappa shape index (κ2) is 9.39. The van der Waals surface area contributed by atoms with Gasteiger partial charge < -0.3 is 14.7 Å². The number of para-hydroxylation sites is 1. The van der Waals surface area contributed by atoms with E-state index in [0.717, 1.165) is 33.3 Å². The number of nitrogens with zero attached hydrogens (tertiary/aromatic N) is 1. The normalized spacial score (nSPS) is 11.7. The SMILES string of the molecule is CC/C(C=O)=C(/Br)c1ccccc1N(CO)Cc1ccc(OC)cc1. The van der Waals surface area contributed by atoms with Crippen LogP contribution in [0.15, 0.2) is 54.1 Å². The summed E-state index contributed by atoms with van der Waals surface area (Å²) < 4.78 is 5.94. The lowest BCUT2D eigenvalue weighted by Crippen LogP contribution is -2.24. The number of hydrogen-bond acceptors (Lipinski definition) is 4. The maximum absolute atomic E-state index is 11.3. The predicted molar refractivity (Wildman–Crippen MR) is 105 cm³/mol. The molecule has 2 aromatic rings. The molecular formula is C20H22BrNO3. The number of methoxy groups -OCH3 is 1. The number of carbonyl (C=O) groups excluding carboxylic acids is 1. The Kier molecular flexibility index (Phi) is 7.22. The van der Waals surface area contributed by atoms with Gasteiger partial charge in [-0.25, -0.2) is 0 Å². The van der Waals surface area contributed by atoms with Gasteiger partial charge in [-0.2, -0.15) is 0 Å². The zero-order valence-corrected chi connectivity index (χ0v) is 16.0. The smallest absolute Gasteiger partial charge is 0.147 e. The maximum Gasteiger partial charge on any atom is 0.147 e. The quantitative estimate of drug-likeness (QED) is 0.403. The van der Waals surface area contributed by atoms with Crippen molar-refractivity contribution in [3.8, 4) is 5.75 Å². The van der Waals surface area contributed by atoms with Gasteiger partial charge in [0.15, 0.2) is 0 Å². The Morgan fingerprint density at radius 3 is 2.44 bits per heavy atom. The van der Waals surface area contributed by atoms with Crippen LogP contribution in [0.5, 0.6) is 5.75 Å². The first-order chi connectivity index (χ1) is 12.1. The van der Waals surface area contributed by atoms with E-state index in [0.29, 0.717) is 18.5 Å². The Morgan fingerprint density at radius 1 is 1.20 bits per heavy atom. The van der Waals surface area contributed by atoms with Crippen LogP contribution in [-0.4, -0.2) is 25.2 Å². The number of halogens is 1. The van der Waals surface area contributed by atoms with Crippen molar-refractivity contribution in [3.63, 3.8) is 0 Å². The third-order valence-electron chi connectivity index (χ3n) is 3.99. The first kappa shape index (κ1) is 19.2. The van der Waals surface area contributed by atoms with Crippen molar-refractivity contribution < 1.29 is 14.6 Å². The highest BCUT2D eigenvalue weighted by Gasteiger charge is 2.15. The Hall–Kier alpha value is -2.11. The fourth-order valence-electron chi connectivity index (χ4n) is 2.56. The molecule has 0 atom stereocenters. The minimum Gasteiger partial charge on any atom is -0.497 e. The molecule has 0 aliphatic rings. The summed E-state index contributed by atoms with van der Waals surface area (Å²) in [5.41, 5.74) is 3.49. The van der Waals surface area contributed by atoms with Crippen LogP contribution in [0.25, 0.3) is 4.48 Å². The molecule has 0 aliphatic heterocycles. The van der Waals surface area contributed by atoms with Gasteiger partial charge in [0, 0.05) is 27.9 Å². The molecule has 2 rings (SSSR count). The molecule has 0 aliphatic carbocycles. The molecule has 0 radical (unpaired) electrons. The predicted octanol–water partition coefficient (Wildman–Crippen LogP) is 4.37. The van der Waals surface area contributed by atoms with E-state index in [1.807, 2.05) is 60.4 Å². The van der Waals surface area contributed by atoms with Crippen molar-refractivity contribution in [1.29, 1.82) is 0 Å². The average molecular weight is 404 g/mol. The second-order valence-corrected chi connectivity index (χ2v) is 6.31. The summed E-state index contributed by atoms with van der Waals surface area (Å²) in [4.78, 5) is 13.1. The molecular weight excluding hydrogens is 382 g/mol.